The Hall–Kier alpha value is -1.13. The molecule has 100 valence electrons. The Labute approximate surface area is 123 Å². The molecule has 0 aromatic heterocycles. The summed E-state index contributed by atoms with van der Waals surface area (Å²) in [5.41, 5.74) is 1.15. The molecule has 2 rings (SSSR count). The van der Waals surface area contributed by atoms with Crippen molar-refractivity contribution in [1.82, 2.24) is 0 Å². The SMILES string of the molecule is CC(Nc1cccc(Cl)c1Br)c1ccc(F)cc1F. The highest BCUT2D eigenvalue weighted by Gasteiger charge is 2.13. The third-order valence-corrected chi connectivity index (χ3v) is 4.15. The van der Waals surface area contributed by atoms with Crippen LogP contribution in [0.15, 0.2) is 40.9 Å². The highest BCUT2D eigenvalue weighted by Crippen LogP contribution is 2.32. The van der Waals surface area contributed by atoms with Crippen molar-refractivity contribution >= 4 is 33.2 Å². The Bertz CT molecular complexity index is 604. The van der Waals surface area contributed by atoms with Crippen LogP contribution in [0.25, 0.3) is 0 Å². The van der Waals surface area contributed by atoms with E-state index in [1.807, 2.05) is 6.07 Å². The molecule has 0 spiro atoms. The summed E-state index contributed by atoms with van der Waals surface area (Å²) in [5.74, 6) is -1.16. The van der Waals surface area contributed by atoms with Gasteiger partial charge in [-0.3, -0.25) is 0 Å². The molecule has 0 saturated heterocycles. The first-order valence-corrected chi connectivity index (χ1v) is 6.81. The zero-order valence-corrected chi connectivity index (χ0v) is 12.4. The highest BCUT2D eigenvalue weighted by molar-refractivity contribution is 9.10. The maximum atomic E-state index is 13.7. The van der Waals surface area contributed by atoms with Gasteiger partial charge in [0.2, 0.25) is 0 Å². The van der Waals surface area contributed by atoms with E-state index in [0.29, 0.717) is 15.1 Å². The number of hydrogen-bond acceptors (Lipinski definition) is 1. The smallest absolute Gasteiger partial charge is 0.131 e. The fourth-order valence-electron chi connectivity index (χ4n) is 1.78. The minimum Gasteiger partial charge on any atom is -0.377 e. The molecular formula is C14H11BrClF2N. The van der Waals surface area contributed by atoms with Crippen LogP contribution in [0, 0.1) is 11.6 Å². The van der Waals surface area contributed by atoms with Crippen molar-refractivity contribution in [3.05, 3.63) is 63.1 Å². The van der Waals surface area contributed by atoms with Gasteiger partial charge in [-0.05, 0) is 41.1 Å². The zero-order valence-electron chi connectivity index (χ0n) is 10.1. The van der Waals surface area contributed by atoms with Gasteiger partial charge < -0.3 is 5.32 Å². The molecule has 0 bridgehead atoms. The summed E-state index contributed by atoms with van der Waals surface area (Å²) in [5, 5.41) is 3.70. The van der Waals surface area contributed by atoms with Crippen LogP contribution in [-0.2, 0) is 0 Å². The maximum Gasteiger partial charge on any atom is 0.131 e. The molecule has 1 nitrogen and oxygen atoms in total. The lowest BCUT2D eigenvalue weighted by atomic mass is 10.1. The number of benzene rings is 2. The van der Waals surface area contributed by atoms with E-state index in [2.05, 4.69) is 21.2 Å². The van der Waals surface area contributed by atoms with Crippen molar-refractivity contribution in [2.45, 2.75) is 13.0 Å². The van der Waals surface area contributed by atoms with Gasteiger partial charge in [-0.2, -0.15) is 0 Å². The van der Waals surface area contributed by atoms with Crippen LogP contribution < -0.4 is 5.32 Å². The van der Waals surface area contributed by atoms with E-state index in [1.54, 1.807) is 19.1 Å². The third kappa shape index (κ3) is 3.25. The summed E-state index contributed by atoms with van der Waals surface area (Å²) in [4.78, 5) is 0. The molecule has 0 saturated carbocycles. The molecule has 2 aromatic carbocycles. The van der Waals surface area contributed by atoms with Crippen molar-refractivity contribution in [1.29, 1.82) is 0 Å². The largest absolute Gasteiger partial charge is 0.377 e. The van der Waals surface area contributed by atoms with Crippen LogP contribution in [0.4, 0.5) is 14.5 Å². The Morgan fingerprint density at radius 1 is 1.21 bits per heavy atom. The van der Waals surface area contributed by atoms with Gasteiger partial charge in [0, 0.05) is 11.6 Å². The van der Waals surface area contributed by atoms with Gasteiger partial charge in [0.05, 0.1) is 21.2 Å². The van der Waals surface area contributed by atoms with Crippen LogP contribution in [0.2, 0.25) is 5.02 Å². The molecule has 0 aliphatic rings. The zero-order chi connectivity index (χ0) is 14.0. The molecule has 1 atom stereocenters. The van der Waals surface area contributed by atoms with Crippen molar-refractivity contribution in [2.24, 2.45) is 0 Å². The molecule has 0 heterocycles. The predicted molar refractivity (Wildman–Crippen MR) is 77.5 cm³/mol. The van der Waals surface area contributed by atoms with Crippen LogP contribution in [-0.4, -0.2) is 0 Å². The van der Waals surface area contributed by atoms with Crippen LogP contribution in [0.3, 0.4) is 0 Å². The summed E-state index contributed by atoms with van der Waals surface area (Å²) < 4.78 is 27.2. The topological polar surface area (TPSA) is 12.0 Å². The van der Waals surface area contributed by atoms with Crippen molar-refractivity contribution < 1.29 is 8.78 Å². The summed E-state index contributed by atoms with van der Waals surface area (Å²) in [6.45, 7) is 1.80. The molecule has 2 aromatic rings. The van der Waals surface area contributed by atoms with Gasteiger partial charge >= 0.3 is 0 Å². The molecule has 19 heavy (non-hydrogen) atoms. The number of rotatable bonds is 3. The maximum absolute atomic E-state index is 13.7. The van der Waals surface area contributed by atoms with Crippen molar-refractivity contribution in [3.8, 4) is 0 Å². The Balaban J connectivity index is 2.25. The second-order valence-electron chi connectivity index (χ2n) is 4.13. The predicted octanol–water partition coefficient (Wildman–Crippen LogP) is 5.55. The molecule has 0 amide bonds. The normalized spacial score (nSPS) is 12.3. The molecule has 0 fully saturated rings. The van der Waals surface area contributed by atoms with Gasteiger partial charge in [-0.25, -0.2) is 8.78 Å². The van der Waals surface area contributed by atoms with Gasteiger partial charge in [-0.1, -0.05) is 23.7 Å². The van der Waals surface area contributed by atoms with E-state index in [4.69, 9.17) is 11.6 Å². The molecular weight excluding hydrogens is 336 g/mol. The monoisotopic (exact) mass is 345 g/mol. The van der Waals surface area contributed by atoms with E-state index in [0.717, 1.165) is 11.8 Å². The van der Waals surface area contributed by atoms with Gasteiger partial charge in [-0.15, -0.1) is 0 Å². The quantitative estimate of drug-likeness (QED) is 0.768. The first kappa shape index (κ1) is 14.3. The van der Waals surface area contributed by atoms with Gasteiger partial charge in [0.25, 0.3) is 0 Å². The van der Waals surface area contributed by atoms with Gasteiger partial charge in [0.15, 0.2) is 0 Å². The number of halogens is 4. The molecule has 0 aliphatic heterocycles. The van der Waals surface area contributed by atoms with Gasteiger partial charge in [0.1, 0.15) is 11.6 Å². The summed E-state index contributed by atoms with van der Waals surface area (Å²) in [6.07, 6.45) is 0. The van der Waals surface area contributed by atoms with E-state index in [-0.39, 0.29) is 6.04 Å². The molecule has 5 heteroatoms. The first-order valence-electron chi connectivity index (χ1n) is 5.64. The third-order valence-electron chi connectivity index (χ3n) is 2.75. The first-order chi connectivity index (χ1) is 8.99. The van der Waals surface area contributed by atoms with Crippen molar-refractivity contribution in [2.75, 3.05) is 5.32 Å². The Morgan fingerprint density at radius 2 is 1.95 bits per heavy atom. The van der Waals surface area contributed by atoms with E-state index in [1.165, 1.54) is 12.1 Å². The number of anilines is 1. The van der Waals surface area contributed by atoms with E-state index < -0.39 is 11.6 Å². The lowest BCUT2D eigenvalue weighted by Gasteiger charge is -2.18. The van der Waals surface area contributed by atoms with Crippen molar-refractivity contribution in [3.63, 3.8) is 0 Å². The van der Waals surface area contributed by atoms with E-state index >= 15 is 0 Å². The summed E-state index contributed by atoms with van der Waals surface area (Å²) >= 11 is 9.35. The lowest BCUT2D eigenvalue weighted by Crippen LogP contribution is -2.09. The Morgan fingerprint density at radius 3 is 2.63 bits per heavy atom. The van der Waals surface area contributed by atoms with Crippen LogP contribution in [0.5, 0.6) is 0 Å². The average molecular weight is 347 g/mol. The molecule has 1 N–H and O–H groups in total. The molecule has 0 radical (unpaired) electrons. The standard InChI is InChI=1S/C14H11BrClF2N/c1-8(10-6-5-9(17)7-12(10)18)19-13-4-2-3-11(16)14(13)15/h2-8,19H,1H3. The molecule has 0 aliphatic carbocycles. The fraction of sp³-hybridized carbons (Fsp3) is 0.143. The summed E-state index contributed by atoms with van der Waals surface area (Å²) in [6, 6.07) is 8.61. The van der Waals surface area contributed by atoms with Crippen LogP contribution >= 0.6 is 27.5 Å². The fourth-order valence-corrected chi connectivity index (χ4v) is 2.33. The number of nitrogens with one attached hydrogen (secondary N) is 1. The van der Waals surface area contributed by atoms with Crippen LogP contribution in [0.1, 0.15) is 18.5 Å². The number of hydrogen-bond donors (Lipinski definition) is 1. The molecule has 1 unspecified atom stereocenters. The minimum atomic E-state index is -0.586. The minimum absolute atomic E-state index is 0.310. The van der Waals surface area contributed by atoms with E-state index in [9.17, 15) is 8.78 Å². The second-order valence-corrected chi connectivity index (χ2v) is 5.33. The summed E-state index contributed by atoms with van der Waals surface area (Å²) in [7, 11) is 0. The lowest BCUT2D eigenvalue weighted by molar-refractivity contribution is 0.566. The average Bonchev–Trinajstić information content (AvgIpc) is 2.34. The highest BCUT2D eigenvalue weighted by atomic mass is 79.9. The second kappa shape index (κ2) is 5.88. The Kier molecular flexibility index (Phi) is 4.42.